The van der Waals surface area contributed by atoms with Crippen LogP contribution in [0.15, 0.2) is 60.9 Å². The monoisotopic (exact) mass is 406 g/mol. The number of ether oxygens (including phenoxy) is 4. The number of carbonyl (C=O) groups excluding carboxylic acids is 1. The molecule has 2 aromatic carbocycles. The first kappa shape index (κ1) is 19.6. The van der Waals surface area contributed by atoms with Gasteiger partial charge in [-0.05, 0) is 48.9 Å². The molecular formula is C23H22N2O5. The number of carbonyl (C=O) groups is 1. The summed E-state index contributed by atoms with van der Waals surface area (Å²) in [6.07, 6.45) is 3.46. The molecule has 0 atom stereocenters. The van der Waals surface area contributed by atoms with Crippen LogP contribution in [0.5, 0.6) is 23.0 Å². The number of nitrogens with zero attached hydrogens (tertiary/aromatic N) is 1. The van der Waals surface area contributed by atoms with Crippen molar-refractivity contribution in [1.29, 1.82) is 0 Å². The Hall–Kier alpha value is -3.74. The molecule has 0 fully saturated rings. The summed E-state index contributed by atoms with van der Waals surface area (Å²) in [5.74, 6) is 2.31. The lowest BCUT2D eigenvalue weighted by Gasteiger charge is -2.13. The maximum absolute atomic E-state index is 12.6. The predicted octanol–water partition coefficient (Wildman–Crippen LogP) is 3.72. The summed E-state index contributed by atoms with van der Waals surface area (Å²) in [5, 5.41) is 2.91. The van der Waals surface area contributed by atoms with Crippen LogP contribution >= 0.6 is 0 Å². The van der Waals surface area contributed by atoms with Crippen molar-refractivity contribution in [1.82, 2.24) is 10.3 Å². The average Bonchev–Trinajstić information content (AvgIpc) is 3.25. The zero-order chi connectivity index (χ0) is 20.8. The molecule has 1 N–H and O–H groups in total. The number of rotatable bonds is 8. The van der Waals surface area contributed by atoms with Crippen LogP contribution in [0.1, 0.15) is 28.4 Å². The minimum Gasteiger partial charge on any atom is -0.490 e. The number of benzene rings is 2. The lowest BCUT2D eigenvalue weighted by molar-refractivity contribution is 0.0950. The van der Waals surface area contributed by atoms with Crippen LogP contribution in [0, 0.1) is 0 Å². The molecule has 1 aliphatic rings. The van der Waals surface area contributed by atoms with E-state index >= 15 is 0 Å². The van der Waals surface area contributed by atoms with Crippen LogP contribution in [0.4, 0.5) is 0 Å². The molecule has 30 heavy (non-hydrogen) atoms. The molecular weight excluding hydrogens is 384 g/mol. The maximum atomic E-state index is 12.6. The first-order chi connectivity index (χ1) is 14.7. The third kappa shape index (κ3) is 4.63. The highest BCUT2D eigenvalue weighted by Crippen LogP contribution is 2.32. The fourth-order valence-electron chi connectivity index (χ4n) is 3.02. The van der Waals surface area contributed by atoms with Crippen molar-refractivity contribution >= 4 is 5.91 Å². The van der Waals surface area contributed by atoms with Crippen molar-refractivity contribution in [3.8, 4) is 23.0 Å². The molecule has 1 aliphatic heterocycles. The maximum Gasteiger partial charge on any atom is 0.251 e. The molecule has 0 radical (unpaired) electrons. The molecule has 0 unspecified atom stereocenters. The highest BCUT2D eigenvalue weighted by molar-refractivity contribution is 5.94. The third-order valence-electron chi connectivity index (χ3n) is 4.51. The number of hydrogen-bond donors (Lipinski definition) is 1. The second-order valence-corrected chi connectivity index (χ2v) is 6.61. The molecule has 0 bridgehead atoms. The predicted molar refractivity (Wildman–Crippen MR) is 110 cm³/mol. The first-order valence-electron chi connectivity index (χ1n) is 9.68. The highest BCUT2D eigenvalue weighted by Gasteiger charge is 2.15. The largest absolute Gasteiger partial charge is 0.490 e. The van der Waals surface area contributed by atoms with E-state index in [4.69, 9.17) is 18.9 Å². The van der Waals surface area contributed by atoms with E-state index in [0.717, 1.165) is 11.1 Å². The molecule has 0 saturated carbocycles. The summed E-state index contributed by atoms with van der Waals surface area (Å²) in [6, 6.07) is 14.6. The summed E-state index contributed by atoms with van der Waals surface area (Å²) in [6.45, 7) is 3.31. The summed E-state index contributed by atoms with van der Waals surface area (Å²) >= 11 is 0. The standard InChI is InChI=1S/C23H22N2O5/c1-2-27-22-11-18(6-8-19(22)28-14-17-4-3-9-24-12-17)23(26)25-13-16-5-7-20-21(10-16)30-15-29-20/h3-12H,2,13-15H2,1H3,(H,25,26). The Morgan fingerprint density at radius 3 is 2.77 bits per heavy atom. The molecule has 1 aromatic heterocycles. The molecule has 0 spiro atoms. The van der Waals surface area contributed by atoms with Crippen molar-refractivity contribution < 1.29 is 23.7 Å². The molecule has 1 amide bonds. The minimum absolute atomic E-state index is 0.201. The van der Waals surface area contributed by atoms with Gasteiger partial charge in [-0.15, -0.1) is 0 Å². The number of hydrogen-bond acceptors (Lipinski definition) is 6. The summed E-state index contributed by atoms with van der Waals surface area (Å²) < 4.78 is 22.2. The topological polar surface area (TPSA) is 78.9 Å². The summed E-state index contributed by atoms with van der Waals surface area (Å²) in [7, 11) is 0. The SMILES string of the molecule is CCOc1cc(C(=O)NCc2ccc3c(c2)OCO3)ccc1OCc1cccnc1. The number of nitrogens with one attached hydrogen (secondary N) is 1. The van der Waals surface area contributed by atoms with Crippen LogP contribution in [0.25, 0.3) is 0 Å². The third-order valence-corrected chi connectivity index (χ3v) is 4.51. The Bertz CT molecular complexity index is 1020. The van der Waals surface area contributed by atoms with Crippen molar-refractivity contribution in [2.24, 2.45) is 0 Å². The van der Waals surface area contributed by atoms with Gasteiger partial charge in [0, 0.05) is 30.1 Å². The minimum atomic E-state index is -0.201. The van der Waals surface area contributed by atoms with Crippen LogP contribution in [0.3, 0.4) is 0 Å². The van der Waals surface area contributed by atoms with Gasteiger partial charge in [0.2, 0.25) is 6.79 Å². The van der Waals surface area contributed by atoms with E-state index in [1.54, 1.807) is 30.6 Å². The fraction of sp³-hybridized carbons (Fsp3) is 0.217. The van der Waals surface area contributed by atoms with Gasteiger partial charge in [0.1, 0.15) is 6.61 Å². The van der Waals surface area contributed by atoms with Gasteiger partial charge in [-0.3, -0.25) is 9.78 Å². The Morgan fingerprint density at radius 2 is 1.93 bits per heavy atom. The van der Waals surface area contributed by atoms with Gasteiger partial charge in [0.05, 0.1) is 6.61 Å². The quantitative estimate of drug-likeness (QED) is 0.614. The van der Waals surface area contributed by atoms with Crippen molar-refractivity contribution in [2.45, 2.75) is 20.1 Å². The molecule has 0 saturated heterocycles. The van der Waals surface area contributed by atoms with Gasteiger partial charge >= 0.3 is 0 Å². The van der Waals surface area contributed by atoms with Crippen molar-refractivity contribution in [3.05, 3.63) is 77.6 Å². The van der Waals surface area contributed by atoms with E-state index in [1.807, 2.05) is 37.3 Å². The molecule has 3 aromatic rings. The molecule has 7 nitrogen and oxygen atoms in total. The van der Waals surface area contributed by atoms with Gasteiger partial charge in [0.15, 0.2) is 23.0 Å². The summed E-state index contributed by atoms with van der Waals surface area (Å²) in [5.41, 5.74) is 2.37. The van der Waals surface area contributed by atoms with Crippen molar-refractivity contribution in [3.63, 3.8) is 0 Å². The number of pyridine rings is 1. The normalized spacial score (nSPS) is 11.8. The van der Waals surface area contributed by atoms with Gasteiger partial charge in [-0.2, -0.15) is 0 Å². The summed E-state index contributed by atoms with van der Waals surface area (Å²) in [4.78, 5) is 16.7. The van der Waals surface area contributed by atoms with Gasteiger partial charge in [0.25, 0.3) is 5.91 Å². The molecule has 2 heterocycles. The molecule has 0 aliphatic carbocycles. The Balaban J connectivity index is 1.41. The van der Waals surface area contributed by atoms with Gasteiger partial charge in [-0.25, -0.2) is 0 Å². The number of amides is 1. The zero-order valence-corrected chi connectivity index (χ0v) is 16.6. The highest BCUT2D eigenvalue weighted by atomic mass is 16.7. The van der Waals surface area contributed by atoms with Crippen molar-refractivity contribution in [2.75, 3.05) is 13.4 Å². The molecule has 154 valence electrons. The van der Waals surface area contributed by atoms with E-state index in [0.29, 0.717) is 48.3 Å². The number of fused-ring (bicyclic) bond motifs is 1. The van der Waals surface area contributed by atoms with Crippen LogP contribution in [0.2, 0.25) is 0 Å². The lowest BCUT2D eigenvalue weighted by Crippen LogP contribution is -2.22. The lowest BCUT2D eigenvalue weighted by atomic mass is 10.1. The average molecular weight is 406 g/mol. The van der Waals surface area contributed by atoms with E-state index in [1.165, 1.54) is 0 Å². The second kappa shape index (κ2) is 9.17. The van der Waals surface area contributed by atoms with Crippen LogP contribution < -0.4 is 24.3 Å². The van der Waals surface area contributed by atoms with E-state index in [2.05, 4.69) is 10.3 Å². The van der Waals surface area contributed by atoms with Crippen LogP contribution in [-0.2, 0) is 13.2 Å². The number of aromatic nitrogens is 1. The van der Waals surface area contributed by atoms with E-state index in [-0.39, 0.29) is 12.7 Å². The Labute approximate surface area is 174 Å². The zero-order valence-electron chi connectivity index (χ0n) is 16.6. The molecule has 4 rings (SSSR count). The van der Waals surface area contributed by atoms with Gasteiger partial charge in [-0.1, -0.05) is 12.1 Å². The van der Waals surface area contributed by atoms with Crippen LogP contribution in [-0.4, -0.2) is 24.3 Å². The van der Waals surface area contributed by atoms with E-state index in [9.17, 15) is 4.79 Å². The van der Waals surface area contributed by atoms with Gasteiger partial charge < -0.3 is 24.3 Å². The second-order valence-electron chi connectivity index (χ2n) is 6.61. The van der Waals surface area contributed by atoms with E-state index < -0.39 is 0 Å². The molecule has 7 heteroatoms. The fourth-order valence-corrected chi connectivity index (χ4v) is 3.02. The Morgan fingerprint density at radius 1 is 1.03 bits per heavy atom. The Kier molecular flexibility index (Phi) is 5.98. The smallest absolute Gasteiger partial charge is 0.251 e. The first-order valence-corrected chi connectivity index (χ1v) is 9.68.